The number of anilines is 1. The molecule has 1 saturated heterocycles. The summed E-state index contributed by atoms with van der Waals surface area (Å²) in [5.74, 6) is 0.738. The highest BCUT2D eigenvalue weighted by molar-refractivity contribution is 6.30. The van der Waals surface area contributed by atoms with Crippen LogP contribution in [0.3, 0.4) is 0 Å². The number of aromatic amines is 1. The van der Waals surface area contributed by atoms with Crippen LogP contribution in [0.5, 0.6) is 5.75 Å². The molecule has 1 aromatic carbocycles. The zero-order chi connectivity index (χ0) is 16.2. The molecule has 3 rings (SSSR count). The quantitative estimate of drug-likeness (QED) is 0.785. The van der Waals surface area contributed by atoms with E-state index >= 15 is 0 Å². The first kappa shape index (κ1) is 15.8. The molecule has 0 bridgehead atoms. The van der Waals surface area contributed by atoms with E-state index in [9.17, 15) is 4.79 Å². The molecule has 1 aliphatic heterocycles. The molecule has 0 aliphatic carbocycles. The first-order chi connectivity index (χ1) is 11.1. The van der Waals surface area contributed by atoms with Crippen molar-refractivity contribution in [2.45, 2.75) is 19.3 Å². The van der Waals surface area contributed by atoms with Crippen LogP contribution in [0, 0.1) is 6.92 Å². The number of carbonyl (C=O) groups is 1. The van der Waals surface area contributed by atoms with Gasteiger partial charge in [-0.15, -0.1) is 0 Å². The van der Waals surface area contributed by atoms with E-state index < -0.39 is 0 Å². The average molecular weight is 335 g/mol. The highest BCUT2D eigenvalue weighted by atomic mass is 35.5. The van der Waals surface area contributed by atoms with Crippen LogP contribution in [-0.4, -0.2) is 35.8 Å². The number of hydrogen-bond acceptors (Lipinski definition) is 4. The molecular weight excluding hydrogens is 316 g/mol. The van der Waals surface area contributed by atoms with Crippen molar-refractivity contribution in [2.75, 3.05) is 25.0 Å². The number of aryl methyl sites for hydroxylation is 1. The molecule has 2 heterocycles. The molecule has 1 aliphatic rings. The van der Waals surface area contributed by atoms with Crippen LogP contribution in [0.1, 0.15) is 23.6 Å². The first-order valence-corrected chi connectivity index (χ1v) is 7.94. The molecule has 6 nitrogen and oxygen atoms in total. The number of hydrogen-bond donors (Lipinski definition) is 3. The number of carbonyl (C=O) groups excluding carboxylic acids is 1. The molecular formula is C16H19ClN4O2. The molecule has 1 fully saturated rings. The van der Waals surface area contributed by atoms with Crippen molar-refractivity contribution in [1.82, 2.24) is 15.5 Å². The van der Waals surface area contributed by atoms with Crippen molar-refractivity contribution in [2.24, 2.45) is 0 Å². The Hall–Kier alpha value is -2.05. The summed E-state index contributed by atoms with van der Waals surface area (Å²) in [7, 11) is 0. The van der Waals surface area contributed by atoms with Gasteiger partial charge in [-0.1, -0.05) is 17.7 Å². The van der Waals surface area contributed by atoms with Crippen molar-refractivity contribution in [3.8, 4) is 5.75 Å². The number of nitrogens with one attached hydrogen (secondary N) is 3. The Bertz CT molecular complexity index is 695. The number of nitrogens with zero attached hydrogens (tertiary/aromatic N) is 1. The molecule has 23 heavy (non-hydrogen) atoms. The van der Waals surface area contributed by atoms with E-state index in [1.165, 1.54) is 0 Å². The third kappa shape index (κ3) is 3.83. The van der Waals surface area contributed by atoms with Gasteiger partial charge in [0.05, 0.1) is 17.6 Å². The maximum absolute atomic E-state index is 12.1. The molecule has 0 spiro atoms. The number of H-pyrrole nitrogens is 1. The van der Waals surface area contributed by atoms with Gasteiger partial charge in [0.2, 0.25) is 0 Å². The topological polar surface area (TPSA) is 79.0 Å². The summed E-state index contributed by atoms with van der Waals surface area (Å²) in [4.78, 5) is 12.1. The largest absolute Gasteiger partial charge is 0.483 e. The standard InChI is InChI=1S/C16H19ClN4O2/c1-10-2-3-12(17)6-14(10)23-9-15(22)20-13-8-19-21-16(13)11-4-5-18-7-11/h2-3,6,8,11,18H,4-5,7,9H2,1H3,(H,19,21)(H,20,22). The lowest BCUT2D eigenvalue weighted by molar-refractivity contribution is -0.118. The number of halogens is 1. The molecule has 3 N–H and O–H groups in total. The Balaban J connectivity index is 1.59. The number of rotatable bonds is 5. The van der Waals surface area contributed by atoms with Crippen LogP contribution in [-0.2, 0) is 4.79 Å². The predicted molar refractivity (Wildman–Crippen MR) is 89.1 cm³/mol. The molecule has 1 aromatic heterocycles. The van der Waals surface area contributed by atoms with Gasteiger partial charge >= 0.3 is 0 Å². The second-order valence-electron chi connectivity index (χ2n) is 5.63. The zero-order valence-corrected chi connectivity index (χ0v) is 13.6. The Morgan fingerprint density at radius 2 is 2.39 bits per heavy atom. The molecule has 2 aromatic rings. The number of aromatic nitrogens is 2. The van der Waals surface area contributed by atoms with E-state index in [0.717, 1.165) is 36.5 Å². The van der Waals surface area contributed by atoms with Gasteiger partial charge < -0.3 is 15.4 Å². The summed E-state index contributed by atoms with van der Waals surface area (Å²) < 4.78 is 5.55. The second-order valence-corrected chi connectivity index (χ2v) is 6.07. The Morgan fingerprint density at radius 3 is 3.17 bits per heavy atom. The molecule has 1 atom stereocenters. The fourth-order valence-electron chi connectivity index (χ4n) is 2.67. The molecule has 0 radical (unpaired) electrons. The van der Waals surface area contributed by atoms with Gasteiger partial charge in [0, 0.05) is 17.5 Å². The summed E-state index contributed by atoms with van der Waals surface area (Å²) in [6, 6.07) is 5.35. The SMILES string of the molecule is Cc1ccc(Cl)cc1OCC(=O)Nc1cn[nH]c1C1CCNC1. The van der Waals surface area contributed by atoms with Gasteiger partial charge in [0.1, 0.15) is 5.75 Å². The van der Waals surface area contributed by atoms with Gasteiger partial charge in [-0.05, 0) is 37.6 Å². The summed E-state index contributed by atoms with van der Waals surface area (Å²) in [5.41, 5.74) is 2.61. The van der Waals surface area contributed by atoms with Crippen molar-refractivity contribution < 1.29 is 9.53 Å². The van der Waals surface area contributed by atoms with E-state index in [0.29, 0.717) is 16.7 Å². The summed E-state index contributed by atoms with van der Waals surface area (Å²) in [6.07, 6.45) is 2.67. The Kier molecular flexibility index (Phi) is 4.83. The highest BCUT2D eigenvalue weighted by Gasteiger charge is 2.22. The van der Waals surface area contributed by atoms with Crippen LogP contribution in [0.25, 0.3) is 0 Å². The highest BCUT2D eigenvalue weighted by Crippen LogP contribution is 2.27. The maximum Gasteiger partial charge on any atom is 0.262 e. The van der Waals surface area contributed by atoms with Crippen molar-refractivity contribution in [3.63, 3.8) is 0 Å². The lowest BCUT2D eigenvalue weighted by Gasteiger charge is -2.12. The Morgan fingerprint density at radius 1 is 1.52 bits per heavy atom. The second kappa shape index (κ2) is 7.02. The van der Waals surface area contributed by atoms with E-state index in [-0.39, 0.29) is 12.5 Å². The maximum atomic E-state index is 12.1. The van der Waals surface area contributed by atoms with E-state index in [2.05, 4.69) is 20.8 Å². The fourth-order valence-corrected chi connectivity index (χ4v) is 2.83. The van der Waals surface area contributed by atoms with Crippen molar-refractivity contribution >= 4 is 23.2 Å². The Labute approximate surface area is 139 Å². The van der Waals surface area contributed by atoms with Crippen LogP contribution in [0.15, 0.2) is 24.4 Å². The van der Waals surface area contributed by atoms with Crippen molar-refractivity contribution in [1.29, 1.82) is 0 Å². The smallest absolute Gasteiger partial charge is 0.262 e. The lowest BCUT2D eigenvalue weighted by Crippen LogP contribution is -2.21. The fraction of sp³-hybridized carbons (Fsp3) is 0.375. The van der Waals surface area contributed by atoms with Gasteiger partial charge in [0.25, 0.3) is 5.91 Å². The molecule has 0 saturated carbocycles. The summed E-state index contributed by atoms with van der Waals surface area (Å²) in [6.45, 7) is 3.71. The normalized spacial score (nSPS) is 17.2. The van der Waals surface area contributed by atoms with Gasteiger partial charge in [-0.2, -0.15) is 5.10 Å². The monoisotopic (exact) mass is 334 g/mol. The zero-order valence-electron chi connectivity index (χ0n) is 12.9. The van der Waals surface area contributed by atoms with E-state index in [1.807, 2.05) is 13.0 Å². The van der Waals surface area contributed by atoms with E-state index in [4.69, 9.17) is 16.3 Å². The number of benzene rings is 1. The first-order valence-electron chi connectivity index (χ1n) is 7.56. The molecule has 1 unspecified atom stereocenters. The summed E-state index contributed by atoms with van der Waals surface area (Å²) in [5, 5.41) is 13.8. The van der Waals surface area contributed by atoms with Crippen molar-refractivity contribution in [3.05, 3.63) is 40.7 Å². The van der Waals surface area contributed by atoms with Gasteiger partial charge in [-0.3, -0.25) is 9.89 Å². The third-order valence-electron chi connectivity index (χ3n) is 3.92. The van der Waals surface area contributed by atoms with Crippen LogP contribution in [0.4, 0.5) is 5.69 Å². The van der Waals surface area contributed by atoms with Crippen LogP contribution < -0.4 is 15.4 Å². The average Bonchev–Trinajstić information content (AvgIpc) is 3.19. The van der Waals surface area contributed by atoms with Crippen LogP contribution in [0.2, 0.25) is 5.02 Å². The van der Waals surface area contributed by atoms with Gasteiger partial charge in [0.15, 0.2) is 6.61 Å². The molecule has 7 heteroatoms. The van der Waals surface area contributed by atoms with E-state index in [1.54, 1.807) is 18.3 Å². The number of ether oxygens (including phenoxy) is 1. The summed E-state index contributed by atoms with van der Waals surface area (Å²) >= 11 is 5.94. The molecule has 1 amide bonds. The van der Waals surface area contributed by atoms with Gasteiger partial charge in [-0.25, -0.2) is 0 Å². The lowest BCUT2D eigenvalue weighted by atomic mass is 10.0. The minimum atomic E-state index is -0.224. The number of amides is 1. The minimum absolute atomic E-state index is 0.0747. The minimum Gasteiger partial charge on any atom is -0.483 e. The van der Waals surface area contributed by atoms with Crippen LogP contribution >= 0.6 is 11.6 Å². The third-order valence-corrected chi connectivity index (χ3v) is 4.16. The molecule has 122 valence electrons. The predicted octanol–water partition coefficient (Wildman–Crippen LogP) is 2.47.